The van der Waals surface area contributed by atoms with Crippen LogP contribution < -0.4 is 0 Å². The fourth-order valence-corrected chi connectivity index (χ4v) is 2.72. The summed E-state index contributed by atoms with van der Waals surface area (Å²) in [5.41, 5.74) is -0.00708. The van der Waals surface area contributed by atoms with Crippen LogP contribution in [0.15, 0.2) is 30.5 Å². The van der Waals surface area contributed by atoms with E-state index in [2.05, 4.69) is 4.98 Å². The Bertz CT molecular complexity index is 732. The van der Waals surface area contributed by atoms with Gasteiger partial charge in [0.05, 0.1) is 5.56 Å². The Morgan fingerprint density at radius 3 is 2.86 bits per heavy atom. The van der Waals surface area contributed by atoms with Gasteiger partial charge in [-0.25, -0.2) is 13.2 Å². The number of piperidine rings is 1. The zero-order chi connectivity index (χ0) is 15.9. The molecule has 3 rings (SSSR count). The molecule has 0 N–H and O–H groups in total. The van der Waals surface area contributed by atoms with E-state index in [1.165, 1.54) is 24.1 Å². The highest BCUT2D eigenvalue weighted by atomic mass is 19.3. The number of fused-ring (bicyclic) bond motifs is 1. The van der Waals surface area contributed by atoms with Crippen LogP contribution in [0.1, 0.15) is 23.7 Å². The van der Waals surface area contributed by atoms with Crippen LogP contribution in [0.3, 0.4) is 0 Å². The number of carbonyl (C=O) groups excluding carboxylic acids is 1. The van der Waals surface area contributed by atoms with Gasteiger partial charge in [0.2, 0.25) is 0 Å². The first-order valence-corrected chi connectivity index (χ1v) is 7.10. The summed E-state index contributed by atoms with van der Waals surface area (Å²) in [6.07, 6.45) is 1.05. The maximum Gasteiger partial charge on any atom is 0.256 e. The highest BCUT2D eigenvalue weighted by Crippen LogP contribution is 2.33. The van der Waals surface area contributed by atoms with Crippen LogP contribution >= 0.6 is 0 Å². The molecule has 3 nitrogen and oxygen atoms in total. The molecule has 1 aromatic heterocycles. The summed E-state index contributed by atoms with van der Waals surface area (Å²) in [6.45, 7) is 1.25. The van der Waals surface area contributed by atoms with E-state index >= 15 is 0 Å². The minimum Gasteiger partial charge on any atom is -0.338 e. The molecule has 1 fully saturated rings. The van der Waals surface area contributed by atoms with Crippen molar-refractivity contribution in [2.45, 2.75) is 19.3 Å². The molecule has 1 saturated heterocycles. The lowest BCUT2D eigenvalue weighted by molar-refractivity contribution is -0.0921. The van der Waals surface area contributed by atoms with Gasteiger partial charge in [0, 0.05) is 37.0 Å². The van der Waals surface area contributed by atoms with E-state index in [0.29, 0.717) is 5.39 Å². The summed E-state index contributed by atoms with van der Waals surface area (Å²) >= 11 is 0. The normalized spacial score (nSPS) is 21.1. The quantitative estimate of drug-likeness (QED) is 0.808. The number of nitrogens with zero attached hydrogens (tertiary/aromatic N) is 2. The molecule has 2 heterocycles. The largest absolute Gasteiger partial charge is 0.338 e. The smallest absolute Gasteiger partial charge is 0.256 e. The summed E-state index contributed by atoms with van der Waals surface area (Å²) in [7, 11) is 0. The maximum absolute atomic E-state index is 14.5. The van der Waals surface area contributed by atoms with E-state index < -0.39 is 30.0 Å². The van der Waals surface area contributed by atoms with Gasteiger partial charge in [0.15, 0.2) is 5.82 Å². The van der Waals surface area contributed by atoms with E-state index in [0.717, 1.165) is 0 Å². The van der Waals surface area contributed by atoms with Crippen molar-refractivity contribution in [2.24, 2.45) is 5.92 Å². The standard InChI is InChI=1S/C16H15F3N2O/c1-10-9-21(8-6-16(10,18)19)15(22)12-5-4-11-3-2-7-20-14(11)13(12)17/h2-5,7,10H,6,8-9H2,1H3. The van der Waals surface area contributed by atoms with Gasteiger partial charge >= 0.3 is 0 Å². The summed E-state index contributed by atoms with van der Waals surface area (Å²) in [4.78, 5) is 17.7. The van der Waals surface area contributed by atoms with Gasteiger partial charge in [-0.05, 0) is 12.1 Å². The van der Waals surface area contributed by atoms with Crippen molar-refractivity contribution in [3.63, 3.8) is 0 Å². The molecule has 1 amide bonds. The number of likely N-dealkylation sites (tertiary alicyclic amines) is 1. The Kier molecular flexibility index (Phi) is 3.54. The fraction of sp³-hybridized carbons (Fsp3) is 0.375. The third-order valence-corrected chi connectivity index (χ3v) is 4.16. The Labute approximate surface area is 125 Å². The molecule has 0 saturated carbocycles. The Balaban J connectivity index is 1.91. The Morgan fingerprint density at radius 1 is 1.36 bits per heavy atom. The lowest BCUT2D eigenvalue weighted by atomic mass is 9.95. The molecule has 116 valence electrons. The van der Waals surface area contributed by atoms with Crippen LogP contribution in [0.4, 0.5) is 13.2 Å². The van der Waals surface area contributed by atoms with E-state index in [-0.39, 0.29) is 24.2 Å². The molecule has 1 aliphatic rings. The van der Waals surface area contributed by atoms with Crippen molar-refractivity contribution < 1.29 is 18.0 Å². The Hall–Kier alpha value is -2.11. The average Bonchev–Trinajstić information content (AvgIpc) is 2.50. The predicted octanol–water partition coefficient (Wildman–Crippen LogP) is 3.49. The molecule has 1 aromatic carbocycles. The van der Waals surface area contributed by atoms with Crippen molar-refractivity contribution in [1.29, 1.82) is 0 Å². The molecule has 1 unspecified atom stereocenters. The fourth-order valence-electron chi connectivity index (χ4n) is 2.72. The number of hydrogen-bond donors (Lipinski definition) is 0. The Morgan fingerprint density at radius 2 is 2.14 bits per heavy atom. The van der Waals surface area contributed by atoms with Gasteiger partial charge in [0.25, 0.3) is 11.8 Å². The molecule has 2 aromatic rings. The molecule has 22 heavy (non-hydrogen) atoms. The number of aromatic nitrogens is 1. The van der Waals surface area contributed by atoms with Crippen molar-refractivity contribution >= 4 is 16.8 Å². The number of alkyl halides is 2. The van der Waals surface area contributed by atoms with E-state index in [4.69, 9.17) is 0 Å². The summed E-state index contributed by atoms with van der Waals surface area (Å²) in [5, 5.41) is 0.593. The van der Waals surface area contributed by atoms with Crippen LogP contribution in [0.2, 0.25) is 0 Å². The number of pyridine rings is 1. The second kappa shape index (κ2) is 5.26. The molecule has 0 bridgehead atoms. The zero-order valence-electron chi connectivity index (χ0n) is 12.0. The van der Waals surface area contributed by atoms with Crippen molar-refractivity contribution in [2.75, 3.05) is 13.1 Å². The second-order valence-corrected chi connectivity index (χ2v) is 5.67. The number of benzene rings is 1. The number of rotatable bonds is 1. The van der Waals surface area contributed by atoms with Crippen molar-refractivity contribution in [3.8, 4) is 0 Å². The molecule has 6 heteroatoms. The second-order valence-electron chi connectivity index (χ2n) is 5.67. The van der Waals surface area contributed by atoms with Gasteiger partial charge in [-0.1, -0.05) is 19.1 Å². The third-order valence-electron chi connectivity index (χ3n) is 4.16. The molecule has 1 aliphatic heterocycles. The first-order valence-electron chi connectivity index (χ1n) is 7.10. The monoisotopic (exact) mass is 308 g/mol. The van der Waals surface area contributed by atoms with Crippen LogP contribution in [0.5, 0.6) is 0 Å². The minimum absolute atomic E-state index is 0.0735. The lowest BCUT2D eigenvalue weighted by Crippen LogP contribution is -2.48. The highest BCUT2D eigenvalue weighted by Gasteiger charge is 2.42. The van der Waals surface area contributed by atoms with Crippen LogP contribution in [-0.4, -0.2) is 34.8 Å². The topological polar surface area (TPSA) is 33.2 Å². The summed E-state index contributed by atoms with van der Waals surface area (Å²) in [5.74, 6) is -4.98. The predicted molar refractivity (Wildman–Crippen MR) is 76.3 cm³/mol. The van der Waals surface area contributed by atoms with Gasteiger partial charge in [-0.2, -0.15) is 0 Å². The highest BCUT2D eigenvalue weighted by molar-refractivity contribution is 5.98. The number of carbonyl (C=O) groups is 1. The first kappa shape index (κ1) is 14.8. The van der Waals surface area contributed by atoms with Crippen LogP contribution in [-0.2, 0) is 0 Å². The van der Waals surface area contributed by atoms with Gasteiger partial charge in [-0.3, -0.25) is 9.78 Å². The van der Waals surface area contributed by atoms with Gasteiger partial charge in [0.1, 0.15) is 5.52 Å². The molecule has 0 spiro atoms. The number of halogens is 3. The lowest BCUT2D eigenvalue weighted by Gasteiger charge is -2.36. The summed E-state index contributed by atoms with van der Waals surface area (Å²) in [6, 6.07) is 6.38. The molecule has 0 radical (unpaired) electrons. The van der Waals surface area contributed by atoms with Crippen LogP contribution in [0, 0.1) is 11.7 Å². The molecule has 0 aliphatic carbocycles. The van der Waals surface area contributed by atoms with E-state index in [9.17, 15) is 18.0 Å². The van der Waals surface area contributed by atoms with Crippen molar-refractivity contribution in [1.82, 2.24) is 9.88 Å². The molecular weight excluding hydrogens is 293 g/mol. The SMILES string of the molecule is CC1CN(C(=O)c2ccc3cccnc3c2F)CCC1(F)F. The number of amides is 1. The first-order chi connectivity index (χ1) is 10.4. The van der Waals surface area contributed by atoms with Crippen molar-refractivity contribution in [3.05, 3.63) is 41.8 Å². The zero-order valence-corrected chi connectivity index (χ0v) is 12.0. The minimum atomic E-state index is -2.78. The van der Waals surface area contributed by atoms with E-state index in [1.807, 2.05) is 0 Å². The molecular formula is C16H15F3N2O. The van der Waals surface area contributed by atoms with E-state index in [1.54, 1.807) is 18.2 Å². The van der Waals surface area contributed by atoms with Gasteiger partial charge < -0.3 is 4.90 Å². The maximum atomic E-state index is 14.5. The average molecular weight is 308 g/mol. The summed E-state index contributed by atoms with van der Waals surface area (Å²) < 4.78 is 41.5. The molecule has 1 atom stereocenters. The van der Waals surface area contributed by atoms with Gasteiger partial charge in [-0.15, -0.1) is 0 Å². The number of hydrogen-bond acceptors (Lipinski definition) is 2. The third kappa shape index (κ3) is 2.42. The van der Waals surface area contributed by atoms with Crippen LogP contribution in [0.25, 0.3) is 10.9 Å².